The number of nitrogens with one attached hydrogen (secondary N) is 1. The SMILES string of the molecule is CC(C)Oc1ccc(C(=O)NCC#Cc2ccccc2C(F)(F)F)cc1. The second-order valence-electron chi connectivity index (χ2n) is 5.72. The average molecular weight is 361 g/mol. The predicted molar refractivity (Wildman–Crippen MR) is 92.9 cm³/mol. The van der Waals surface area contributed by atoms with Crippen molar-refractivity contribution in [2.24, 2.45) is 0 Å². The molecule has 0 radical (unpaired) electrons. The van der Waals surface area contributed by atoms with Crippen LogP contribution in [-0.4, -0.2) is 18.6 Å². The number of alkyl halides is 3. The van der Waals surface area contributed by atoms with Gasteiger partial charge in [-0.25, -0.2) is 0 Å². The maximum Gasteiger partial charge on any atom is 0.417 e. The predicted octanol–water partition coefficient (Wildman–Crippen LogP) is 4.27. The molecular formula is C20H18F3NO2. The van der Waals surface area contributed by atoms with Crippen molar-refractivity contribution in [2.45, 2.75) is 26.1 Å². The molecule has 0 aromatic heterocycles. The Bertz CT molecular complexity index is 815. The molecule has 26 heavy (non-hydrogen) atoms. The highest BCUT2D eigenvalue weighted by molar-refractivity contribution is 5.94. The van der Waals surface area contributed by atoms with E-state index in [-0.39, 0.29) is 24.1 Å². The van der Waals surface area contributed by atoms with Crippen molar-refractivity contribution >= 4 is 5.91 Å². The van der Waals surface area contributed by atoms with E-state index >= 15 is 0 Å². The topological polar surface area (TPSA) is 38.3 Å². The summed E-state index contributed by atoms with van der Waals surface area (Å²) in [5.74, 6) is 5.29. The molecule has 0 aliphatic heterocycles. The van der Waals surface area contributed by atoms with Gasteiger partial charge in [-0.2, -0.15) is 13.2 Å². The summed E-state index contributed by atoms with van der Waals surface area (Å²) in [6, 6.07) is 11.6. The number of carbonyl (C=O) groups is 1. The van der Waals surface area contributed by atoms with Crippen LogP contribution in [0, 0.1) is 11.8 Å². The molecule has 0 unspecified atom stereocenters. The molecule has 0 atom stereocenters. The lowest BCUT2D eigenvalue weighted by Crippen LogP contribution is -2.23. The van der Waals surface area contributed by atoms with Crippen molar-refractivity contribution in [2.75, 3.05) is 6.54 Å². The monoisotopic (exact) mass is 361 g/mol. The Morgan fingerprint density at radius 2 is 1.77 bits per heavy atom. The van der Waals surface area contributed by atoms with E-state index < -0.39 is 11.7 Å². The zero-order valence-electron chi connectivity index (χ0n) is 14.4. The van der Waals surface area contributed by atoms with Crippen molar-refractivity contribution < 1.29 is 22.7 Å². The molecule has 0 saturated heterocycles. The summed E-state index contributed by atoms with van der Waals surface area (Å²) in [6.07, 6.45) is -4.43. The number of hydrogen-bond donors (Lipinski definition) is 1. The van der Waals surface area contributed by atoms with Crippen LogP contribution in [0.2, 0.25) is 0 Å². The molecule has 2 rings (SSSR count). The van der Waals surface area contributed by atoms with E-state index in [2.05, 4.69) is 17.2 Å². The highest BCUT2D eigenvalue weighted by Crippen LogP contribution is 2.31. The fourth-order valence-corrected chi connectivity index (χ4v) is 2.16. The minimum absolute atomic E-state index is 0.0320. The van der Waals surface area contributed by atoms with Crippen LogP contribution in [0.4, 0.5) is 13.2 Å². The van der Waals surface area contributed by atoms with Crippen molar-refractivity contribution in [3.05, 3.63) is 65.2 Å². The van der Waals surface area contributed by atoms with Gasteiger partial charge in [-0.3, -0.25) is 4.79 Å². The standard InChI is InChI=1S/C20H18F3NO2/c1-14(2)26-17-11-9-16(10-12-17)19(25)24-13-5-7-15-6-3-4-8-18(15)20(21,22)23/h3-4,6,8-12,14H,13H2,1-2H3,(H,24,25). The molecular weight excluding hydrogens is 343 g/mol. The molecule has 0 saturated carbocycles. The first-order valence-corrected chi connectivity index (χ1v) is 7.97. The Morgan fingerprint density at radius 3 is 2.38 bits per heavy atom. The lowest BCUT2D eigenvalue weighted by Gasteiger charge is -2.09. The fraction of sp³-hybridized carbons (Fsp3) is 0.250. The van der Waals surface area contributed by atoms with E-state index in [0.29, 0.717) is 11.3 Å². The van der Waals surface area contributed by atoms with Crippen LogP contribution in [0.3, 0.4) is 0 Å². The summed E-state index contributed by atoms with van der Waals surface area (Å²) in [6.45, 7) is 3.74. The fourth-order valence-electron chi connectivity index (χ4n) is 2.16. The summed E-state index contributed by atoms with van der Waals surface area (Å²) >= 11 is 0. The smallest absolute Gasteiger partial charge is 0.417 e. The lowest BCUT2D eigenvalue weighted by atomic mass is 10.1. The lowest BCUT2D eigenvalue weighted by molar-refractivity contribution is -0.137. The van der Waals surface area contributed by atoms with Gasteiger partial charge >= 0.3 is 6.18 Å². The Labute approximate surface area is 150 Å². The molecule has 3 nitrogen and oxygen atoms in total. The Morgan fingerprint density at radius 1 is 1.12 bits per heavy atom. The van der Waals surface area contributed by atoms with Crippen LogP contribution in [0.15, 0.2) is 48.5 Å². The summed E-state index contributed by atoms with van der Waals surface area (Å²) in [5.41, 5.74) is -0.498. The number of halogens is 3. The molecule has 0 heterocycles. The molecule has 2 aromatic rings. The number of rotatable bonds is 4. The minimum Gasteiger partial charge on any atom is -0.491 e. The molecule has 0 bridgehead atoms. The summed E-state index contributed by atoms with van der Waals surface area (Å²) in [4.78, 5) is 12.0. The van der Waals surface area contributed by atoms with Crippen LogP contribution < -0.4 is 10.1 Å². The van der Waals surface area contributed by atoms with Crippen LogP contribution in [0.5, 0.6) is 5.75 Å². The Kier molecular flexibility index (Phi) is 6.29. The van der Waals surface area contributed by atoms with Gasteiger partial charge < -0.3 is 10.1 Å². The zero-order chi connectivity index (χ0) is 19.2. The van der Waals surface area contributed by atoms with Gasteiger partial charge in [0.15, 0.2) is 0 Å². The third-order valence-electron chi connectivity index (χ3n) is 3.28. The van der Waals surface area contributed by atoms with Gasteiger partial charge in [0, 0.05) is 11.1 Å². The molecule has 2 aromatic carbocycles. The normalized spacial score (nSPS) is 10.8. The molecule has 0 aliphatic carbocycles. The second kappa shape index (κ2) is 8.43. The maximum atomic E-state index is 12.9. The second-order valence-corrected chi connectivity index (χ2v) is 5.72. The number of ether oxygens (including phenoxy) is 1. The first-order valence-electron chi connectivity index (χ1n) is 7.97. The first kappa shape index (κ1) is 19.4. The molecule has 6 heteroatoms. The minimum atomic E-state index is -4.46. The number of carbonyl (C=O) groups excluding carboxylic acids is 1. The van der Waals surface area contributed by atoms with Crippen LogP contribution >= 0.6 is 0 Å². The average Bonchev–Trinajstić information content (AvgIpc) is 2.58. The summed E-state index contributed by atoms with van der Waals surface area (Å²) < 4.78 is 44.1. The molecule has 1 N–H and O–H groups in total. The zero-order valence-corrected chi connectivity index (χ0v) is 14.4. The molecule has 0 spiro atoms. The summed E-state index contributed by atoms with van der Waals surface area (Å²) in [7, 11) is 0. The van der Waals surface area contributed by atoms with Crippen LogP contribution in [0.1, 0.15) is 35.3 Å². The molecule has 1 amide bonds. The highest BCUT2D eigenvalue weighted by Gasteiger charge is 2.32. The van der Waals surface area contributed by atoms with E-state index in [9.17, 15) is 18.0 Å². The van der Waals surface area contributed by atoms with E-state index in [0.717, 1.165) is 6.07 Å². The van der Waals surface area contributed by atoms with Gasteiger partial charge in [-0.15, -0.1) is 0 Å². The third kappa shape index (κ3) is 5.55. The number of benzene rings is 2. The van der Waals surface area contributed by atoms with Gasteiger partial charge in [-0.05, 0) is 50.2 Å². The molecule has 0 aliphatic rings. The van der Waals surface area contributed by atoms with E-state index in [4.69, 9.17) is 4.74 Å². The van der Waals surface area contributed by atoms with E-state index in [1.165, 1.54) is 18.2 Å². The van der Waals surface area contributed by atoms with E-state index in [1.807, 2.05) is 13.8 Å². The van der Waals surface area contributed by atoms with Gasteiger partial charge in [0.25, 0.3) is 5.91 Å². The van der Waals surface area contributed by atoms with Crippen molar-refractivity contribution in [1.29, 1.82) is 0 Å². The summed E-state index contributed by atoms with van der Waals surface area (Å²) in [5, 5.41) is 2.55. The quantitative estimate of drug-likeness (QED) is 0.826. The largest absolute Gasteiger partial charge is 0.491 e. The van der Waals surface area contributed by atoms with Gasteiger partial charge in [0.05, 0.1) is 18.2 Å². The highest BCUT2D eigenvalue weighted by atomic mass is 19.4. The van der Waals surface area contributed by atoms with E-state index in [1.54, 1.807) is 24.3 Å². The maximum absolute atomic E-state index is 12.9. The van der Waals surface area contributed by atoms with Gasteiger partial charge in [0.2, 0.25) is 0 Å². The first-order chi connectivity index (χ1) is 12.3. The molecule has 0 fully saturated rings. The van der Waals surface area contributed by atoms with Crippen molar-refractivity contribution in [3.8, 4) is 17.6 Å². The number of amides is 1. The third-order valence-corrected chi connectivity index (χ3v) is 3.28. The van der Waals surface area contributed by atoms with Crippen molar-refractivity contribution in [1.82, 2.24) is 5.32 Å². The van der Waals surface area contributed by atoms with Crippen LogP contribution in [-0.2, 0) is 6.18 Å². The van der Waals surface area contributed by atoms with Crippen LogP contribution in [0.25, 0.3) is 0 Å². The Hall–Kier alpha value is -2.94. The van der Waals surface area contributed by atoms with Gasteiger partial charge in [0.1, 0.15) is 5.75 Å². The molecule has 136 valence electrons. The number of hydrogen-bond acceptors (Lipinski definition) is 2. The van der Waals surface area contributed by atoms with Gasteiger partial charge in [-0.1, -0.05) is 24.0 Å². The van der Waals surface area contributed by atoms with Crippen molar-refractivity contribution in [3.63, 3.8) is 0 Å². The Balaban J connectivity index is 1.97.